The average Bonchev–Trinajstić information content (AvgIpc) is 2.70. The molecule has 0 saturated heterocycles. The normalized spacial score (nSPS) is 10.3. The van der Waals surface area contributed by atoms with Gasteiger partial charge in [0.15, 0.2) is 5.82 Å². The van der Waals surface area contributed by atoms with Crippen molar-refractivity contribution < 1.29 is 4.79 Å². The van der Waals surface area contributed by atoms with Gasteiger partial charge in [-0.2, -0.15) is 5.10 Å². The molecule has 0 aliphatic carbocycles. The van der Waals surface area contributed by atoms with Crippen LogP contribution in [0, 0.1) is 13.8 Å². The zero-order valence-electron chi connectivity index (χ0n) is 10.4. The number of nitrogens with two attached hydrogens (primary N) is 1. The van der Waals surface area contributed by atoms with E-state index in [1.807, 2.05) is 6.92 Å². The van der Waals surface area contributed by atoms with Gasteiger partial charge in [0, 0.05) is 6.20 Å². The van der Waals surface area contributed by atoms with Crippen molar-refractivity contribution in [1.29, 1.82) is 0 Å². The fourth-order valence-electron chi connectivity index (χ4n) is 1.59. The molecule has 19 heavy (non-hydrogen) atoms. The maximum absolute atomic E-state index is 12.1. The summed E-state index contributed by atoms with van der Waals surface area (Å²) in [4.78, 5) is 16.0. The number of H-pyrrole nitrogens is 1. The molecule has 0 spiro atoms. The Kier molecular flexibility index (Phi) is 3.68. The molecule has 8 heteroatoms. The number of nitrogen functional groups attached to an aromatic ring is 1. The zero-order valence-corrected chi connectivity index (χ0v) is 11.2. The molecule has 7 nitrogen and oxygen atoms in total. The van der Waals surface area contributed by atoms with Gasteiger partial charge in [-0.05, 0) is 19.9 Å². The van der Waals surface area contributed by atoms with Crippen molar-refractivity contribution in [1.82, 2.24) is 15.2 Å². The number of carbonyl (C=O) groups excluding carboxylic acids is 1. The summed E-state index contributed by atoms with van der Waals surface area (Å²) in [6.07, 6.45) is 1.39. The van der Waals surface area contributed by atoms with Gasteiger partial charge in [0.1, 0.15) is 0 Å². The van der Waals surface area contributed by atoms with Crippen molar-refractivity contribution in [2.24, 2.45) is 5.84 Å². The highest BCUT2D eigenvalue weighted by Crippen LogP contribution is 2.21. The number of hydrazine groups is 1. The maximum Gasteiger partial charge on any atom is 0.257 e. The number of nitrogens with one attached hydrogen (secondary N) is 3. The van der Waals surface area contributed by atoms with Crippen LogP contribution in [0.15, 0.2) is 12.3 Å². The van der Waals surface area contributed by atoms with Crippen molar-refractivity contribution in [3.8, 4) is 0 Å². The van der Waals surface area contributed by atoms with Gasteiger partial charge in [-0.15, -0.1) is 0 Å². The molecule has 100 valence electrons. The lowest BCUT2D eigenvalue weighted by molar-refractivity contribution is 0.102. The van der Waals surface area contributed by atoms with Crippen LogP contribution < -0.4 is 16.6 Å². The number of aromatic nitrogens is 3. The lowest BCUT2D eigenvalue weighted by atomic mass is 10.2. The second-order valence-electron chi connectivity index (χ2n) is 3.96. The molecule has 0 saturated carbocycles. The van der Waals surface area contributed by atoms with Crippen LogP contribution in [0.2, 0.25) is 5.02 Å². The van der Waals surface area contributed by atoms with E-state index in [-0.39, 0.29) is 10.9 Å². The van der Waals surface area contributed by atoms with Gasteiger partial charge in [-0.1, -0.05) is 11.6 Å². The second-order valence-corrected chi connectivity index (χ2v) is 4.37. The van der Waals surface area contributed by atoms with Crippen molar-refractivity contribution in [3.05, 3.63) is 34.2 Å². The molecule has 0 atom stereocenters. The second kappa shape index (κ2) is 5.25. The number of anilines is 2. The number of aromatic amines is 1. The van der Waals surface area contributed by atoms with E-state index in [1.165, 1.54) is 12.3 Å². The number of amides is 1. The fraction of sp³-hybridized carbons (Fsp3) is 0.182. The van der Waals surface area contributed by atoms with E-state index in [4.69, 9.17) is 17.4 Å². The molecule has 2 rings (SSSR count). The molecule has 0 aromatic carbocycles. The summed E-state index contributed by atoms with van der Waals surface area (Å²) < 4.78 is 0. The molecule has 0 aliphatic rings. The Hall–Kier alpha value is -2.12. The summed E-state index contributed by atoms with van der Waals surface area (Å²) in [5, 5.41) is 9.82. The van der Waals surface area contributed by atoms with E-state index < -0.39 is 0 Å². The highest BCUT2D eigenvalue weighted by molar-refractivity contribution is 6.33. The van der Waals surface area contributed by atoms with Crippen molar-refractivity contribution in [3.63, 3.8) is 0 Å². The molecular formula is C11H13ClN6O. The number of carbonyl (C=O) groups is 1. The summed E-state index contributed by atoms with van der Waals surface area (Å²) in [5.41, 5.74) is 4.82. The van der Waals surface area contributed by atoms with E-state index in [1.54, 1.807) is 6.92 Å². The van der Waals surface area contributed by atoms with Gasteiger partial charge >= 0.3 is 0 Å². The van der Waals surface area contributed by atoms with Crippen LogP contribution in [0.4, 0.5) is 11.5 Å². The zero-order chi connectivity index (χ0) is 14.0. The summed E-state index contributed by atoms with van der Waals surface area (Å²) in [6.45, 7) is 3.62. The molecule has 0 radical (unpaired) electrons. The maximum atomic E-state index is 12.1. The van der Waals surface area contributed by atoms with Gasteiger partial charge in [0.2, 0.25) is 0 Å². The minimum Gasteiger partial charge on any atom is -0.319 e. The Morgan fingerprint density at radius 3 is 2.74 bits per heavy atom. The molecule has 1 amide bonds. The Balaban J connectivity index is 2.23. The van der Waals surface area contributed by atoms with Crippen molar-refractivity contribution >= 4 is 29.0 Å². The minimum atomic E-state index is -0.314. The molecule has 5 N–H and O–H groups in total. The summed E-state index contributed by atoms with van der Waals surface area (Å²) >= 11 is 5.91. The SMILES string of the molecule is Cc1n[nH]c(C)c1NC(=O)c1cnc(NN)c(Cl)c1. The first-order chi connectivity index (χ1) is 9.02. The highest BCUT2D eigenvalue weighted by Gasteiger charge is 2.13. The molecule has 0 unspecified atom stereocenters. The third kappa shape index (κ3) is 2.67. The first-order valence-electron chi connectivity index (χ1n) is 5.48. The lowest BCUT2D eigenvalue weighted by Gasteiger charge is -2.07. The standard InChI is InChI=1S/C11H13ClN6O/c1-5-9(6(2)18-17-5)15-11(19)7-3-8(12)10(16-13)14-4-7/h3-4H,13H2,1-2H3,(H,14,16)(H,15,19)(H,17,18). The van der Waals surface area contributed by atoms with E-state index in [2.05, 4.69) is 25.9 Å². The summed E-state index contributed by atoms with van der Waals surface area (Å²) in [5.74, 6) is 5.22. The van der Waals surface area contributed by atoms with E-state index in [9.17, 15) is 4.79 Å². The Morgan fingerprint density at radius 2 is 2.21 bits per heavy atom. The number of rotatable bonds is 3. The number of hydrogen-bond acceptors (Lipinski definition) is 5. The van der Waals surface area contributed by atoms with Gasteiger partial charge < -0.3 is 10.7 Å². The molecule has 2 aromatic rings. The Morgan fingerprint density at radius 1 is 1.47 bits per heavy atom. The van der Waals surface area contributed by atoms with Crippen LogP contribution in [0.5, 0.6) is 0 Å². The third-order valence-corrected chi connectivity index (χ3v) is 2.89. The lowest BCUT2D eigenvalue weighted by Crippen LogP contribution is -2.15. The summed E-state index contributed by atoms with van der Waals surface area (Å²) in [6, 6.07) is 1.49. The van der Waals surface area contributed by atoms with E-state index in [0.29, 0.717) is 22.8 Å². The Labute approximate surface area is 114 Å². The van der Waals surface area contributed by atoms with Crippen molar-refractivity contribution in [2.45, 2.75) is 13.8 Å². The number of pyridine rings is 1. The number of hydrogen-bond donors (Lipinski definition) is 4. The predicted molar refractivity (Wildman–Crippen MR) is 73.1 cm³/mol. The predicted octanol–water partition coefficient (Wildman–Crippen LogP) is 1.61. The van der Waals surface area contributed by atoms with Crippen LogP contribution >= 0.6 is 11.6 Å². The minimum absolute atomic E-state index is 0.274. The van der Waals surface area contributed by atoms with Crippen LogP contribution in [0.3, 0.4) is 0 Å². The van der Waals surface area contributed by atoms with Crippen LogP contribution in [0.1, 0.15) is 21.7 Å². The fourth-order valence-corrected chi connectivity index (χ4v) is 1.81. The first-order valence-corrected chi connectivity index (χ1v) is 5.85. The van der Waals surface area contributed by atoms with Crippen LogP contribution in [-0.4, -0.2) is 21.1 Å². The molecule has 0 bridgehead atoms. The third-order valence-electron chi connectivity index (χ3n) is 2.61. The largest absolute Gasteiger partial charge is 0.319 e. The topological polar surface area (TPSA) is 109 Å². The number of nitrogens with zero attached hydrogens (tertiary/aromatic N) is 2. The van der Waals surface area contributed by atoms with E-state index in [0.717, 1.165) is 5.69 Å². The summed E-state index contributed by atoms with van der Waals surface area (Å²) in [7, 11) is 0. The van der Waals surface area contributed by atoms with Crippen molar-refractivity contribution in [2.75, 3.05) is 10.7 Å². The first kappa shape index (κ1) is 13.3. The van der Waals surface area contributed by atoms with Crippen LogP contribution in [0.25, 0.3) is 0 Å². The molecule has 0 fully saturated rings. The van der Waals surface area contributed by atoms with Gasteiger partial charge in [0.05, 0.1) is 27.7 Å². The molecular weight excluding hydrogens is 268 g/mol. The number of halogens is 1. The average molecular weight is 281 g/mol. The van der Waals surface area contributed by atoms with Gasteiger partial charge in [-0.3, -0.25) is 9.89 Å². The molecule has 0 aliphatic heterocycles. The van der Waals surface area contributed by atoms with Gasteiger partial charge in [-0.25, -0.2) is 10.8 Å². The monoisotopic (exact) mass is 280 g/mol. The van der Waals surface area contributed by atoms with Gasteiger partial charge in [0.25, 0.3) is 5.91 Å². The molecule has 2 aromatic heterocycles. The number of aryl methyl sites for hydroxylation is 2. The van der Waals surface area contributed by atoms with E-state index >= 15 is 0 Å². The quantitative estimate of drug-likeness (QED) is 0.504. The highest BCUT2D eigenvalue weighted by atomic mass is 35.5. The smallest absolute Gasteiger partial charge is 0.257 e. The van der Waals surface area contributed by atoms with Crippen LogP contribution in [-0.2, 0) is 0 Å². The Bertz CT molecular complexity index is 604. The molecule has 2 heterocycles.